The van der Waals surface area contributed by atoms with Crippen LogP contribution in [-0.2, 0) is 23.3 Å². The molecule has 28 heavy (non-hydrogen) atoms. The van der Waals surface area contributed by atoms with Crippen molar-refractivity contribution < 1.29 is 68.8 Å². The van der Waals surface area contributed by atoms with E-state index in [1.54, 1.807) is 0 Å². The van der Waals surface area contributed by atoms with Crippen LogP contribution in [0.3, 0.4) is 0 Å². The Labute approximate surface area is 201 Å². The normalized spacial score (nSPS) is 44.3. The summed E-state index contributed by atoms with van der Waals surface area (Å²) in [5, 5.41) is 68.3. The van der Waals surface area contributed by atoms with Crippen LogP contribution in [0.5, 0.6) is 0 Å². The first-order valence-electron chi connectivity index (χ1n) is 7.79. The fourth-order valence-corrected chi connectivity index (χ4v) is 3.13. The standard InChI is InChI=1S/C12H23O14P.K.H/c13-1-4-7(16)10(19)12(3-14,25-4)26-11-9(18)8(17)6(15)5(24-11)2-23-27(20,21)22;;/h4-11,13-19H,1-3H2,(H2,20,21,22);;/t4-,5-,6-,7-,8+,9-,10+,11-,12+;;/m1../s1. The second-order valence-electron chi connectivity index (χ2n) is 6.16. The van der Waals surface area contributed by atoms with Gasteiger partial charge in [0.05, 0.1) is 13.2 Å². The van der Waals surface area contributed by atoms with Gasteiger partial charge in [0.1, 0.15) is 49.3 Å². The molecule has 0 aromatic rings. The Balaban J connectivity index is 0.00000392. The van der Waals surface area contributed by atoms with Crippen LogP contribution >= 0.6 is 7.82 Å². The maximum atomic E-state index is 10.8. The second kappa shape index (κ2) is 10.8. The molecule has 16 heteroatoms. The number of ether oxygens (including phenoxy) is 3. The SMILES string of the molecule is O=P(O)(O)OC[C@H]1O[C@H](O[C@]2(CO)O[C@H](CO)[C@@H](O)[C@@H]2O)[C@H](O)[C@@H](O)[C@@H]1O.[KH]. The Morgan fingerprint density at radius 2 is 1.54 bits per heavy atom. The van der Waals surface area contributed by atoms with Crippen LogP contribution < -0.4 is 0 Å². The molecule has 14 nitrogen and oxygen atoms in total. The van der Waals surface area contributed by atoms with Crippen molar-refractivity contribution in [1.29, 1.82) is 0 Å². The number of aliphatic hydroxyl groups is 7. The zero-order chi connectivity index (χ0) is 20.6. The zero-order valence-corrected chi connectivity index (χ0v) is 14.6. The Morgan fingerprint density at radius 1 is 0.929 bits per heavy atom. The van der Waals surface area contributed by atoms with Crippen LogP contribution in [-0.4, -0.2) is 172 Å². The minimum absolute atomic E-state index is 0. The van der Waals surface area contributed by atoms with E-state index in [2.05, 4.69) is 4.52 Å². The van der Waals surface area contributed by atoms with Crippen LogP contribution in [0, 0.1) is 0 Å². The van der Waals surface area contributed by atoms with Gasteiger partial charge >= 0.3 is 59.2 Å². The Morgan fingerprint density at radius 3 is 2.00 bits per heavy atom. The van der Waals surface area contributed by atoms with Gasteiger partial charge in [0, 0.05) is 0 Å². The zero-order valence-electron chi connectivity index (χ0n) is 13.8. The van der Waals surface area contributed by atoms with Gasteiger partial charge in [-0.2, -0.15) is 0 Å². The average molecular weight is 462 g/mol. The van der Waals surface area contributed by atoms with Crippen LogP contribution in [0.25, 0.3) is 0 Å². The first kappa shape index (κ1) is 27.4. The van der Waals surface area contributed by atoms with Gasteiger partial charge in [-0.1, -0.05) is 0 Å². The van der Waals surface area contributed by atoms with Crippen molar-refractivity contribution in [3.05, 3.63) is 0 Å². The Hall–Kier alpha value is 1.35. The van der Waals surface area contributed by atoms with E-state index < -0.39 is 82.4 Å². The summed E-state index contributed by atoms with van der Waals surface area (Å²) in [4.78, 5) is 17.4. The molecule has 2 heterocycles. The number of aliphatic hydroxyl groups excluding tert-OH is 7. The van der Waals surface area contributed by atoms with E-state index >= 15 is 0 Å². The quantitative estimate of drug-likeness (QED) is 0.127. The average Bonchev–Trinajstić information content (AvgIpc) is 2.85. The fourth-order valence-electron chi connectivity index (χ4n) is 2.79. The molecule has 9 N–H and O–H groups in total. The fraction of sp³-hybridized carbons (Fsp3) is 1.00. The number of rotatable bonds is 7. The van der Waals surface area contributed by atoms with Gasteiger partial charge in [-0.15, -0.1) is 0 Å². The molecule has 2 aliphatic heterocycles. The summed E-state index contributed by atoms with van der Waals surface area (Å²) in [5.41, 5.74) is 0. The van der Waals surface area contributed by atoms with Gasteiger partial charge in [0.2, 0.25) is 5.79 Å². The van der Waals surface area contributed by atoms with Crippen molar-refractivity contribution in [3.8, 4) is 0 Å². The molecule has 0 amide bonds. The summed E-state index contributed by atoms with van der Waals surface area (Å²) in [6, 6.07) is 0. The molecule has 0 aliphatic carbocycles. The van der Waals surface area contributed by atoms with E-state index in [0.29, 0.717) is 0 Å². The topological polar surface area (TPSA) is 236 Å². The van der Waals surface area contributed by atoms with Crippen molar-refractivity contribution in [2.75, 3.05) is 19.8 Å². The summed E-state index contributed by atoms with van der Waals surface area (Å²) in [5.74, 6) is -2.35. The van der Waals surface area contributed by atoms with Gasteiger partial charge in [0.15, 0.2) is 6.29 Å². The molecule has 0 saturated carbocycles. The third kappa shape index (κ3) is 5.98. The molecule has 0 radical (unpaired) electrons. The minimum atomic E-state index is -4.93. The van der Waals surface area contributed by atoms with Crippen LogP contribution in [0.4, 0.5) is 0 Å². The molecular weight excluding hydrogens is 438 g/mol. The maximum absolute atomic E-state index is 10.8. The second-order valence-corrected chi connectivity index (χ2v) is 7.40. The van der Waals surface area contributed by atoms with E-state index in [9.17, 15) is 35.2 Å². The van der Waals surface area contributed by atoms with Crippen molar-refractivity contribution in [1.82, 2.24) is 0 Å². The third-order valence-electron chi connectivity index (χ3n) is 4.30. The van der Waals surface area contributed by atoms with Crippen molar-refractivity contribution in [3.63, 3.8) is 0 Å². The summed E-state index contributed by atoms with van der Waals surface area (Å²) >= 11 is 0. The van der Waals surface area contributed by atoms with Crippen molar-refractivity contribution >= 4 is 59.2 Å². The van der Waals surface area contributed by atoms with Gasteiger partial charge in [-0.3, -0.25) is 4.52 Å². The number of hydrogen-bond acceptors (Lipinski definition) is 12. The van der Waals surface area contributed by atoms with Gasteiger partial charge in [-0.25, -0.2) is 4.57 Å². The van der Waals surface area contributed by atoms with Crippen molar-refractivity contribution in [2.45, 2.75) is 54.8 Å². The van der Waals surface area contributed by atoms with Crippen LogP contribution in [0.15, 0.2) is 0 Å². The molecule has 2 aliphatic rings. The predicted octanol–water partition coefficient (Wildman–Crippen LogP) is -5.93. The van der Waals surface area contributed by atoms with Gasteiger partial charge in [0.25, 0.3) is 0 Å². The predicted molar refractivity (Wildman–Crippen MR) is 86.7 cm³/mol. The van der Waals surface area contributed by atoms with Gasteiger partial charge in [-0.05, 0) is 0 Å². The number of hydrogen-bond donors (Lipinski definition) is 9. The Kier molecular flexibility index (Phi) is 10.5. The molecule has 9 atom stereocenters. The molecule has 0 spiro atoms. The summed E-state index contributed by atoms with van der Waals surface area (Å²) in [6.45, 7) is -2.69. The monoisotopic (exact) mass is 462 g/mol. The number of phosphoric ester groups is 1. The molecule has 0 aromatic carbocycles. The van der Waals surface area contributed by atoms with E-state index in [1.165, 1.54) is 0 Å². The first-order chi connectivity index (χ1) is 12.5. The first-order valence-corrected chi connectivity index (χ1v) is 9.32. The Bertz CT molecular complexity index is 548. The van der Waals surface area contributed by atoms with E-state index in [1.807, 2.05) is 0 Å². The molecule has 0 aromatic heterocycles. The molecule has 162 valence electrons. The van der Waals surface area contributed by atoms with Gasteiger partial charge < -0.3 is 59.7 Å². The molecule has 2 fully saturated rings. The summed E-state index contributed by atoms with van der Waals surface area (Å²) < 4.78 is 30.4. The summed E-state index contributed by atoms with van der Waals surface area (Å²) in [6.07, 6.45) is -14.0. The molecular formula is C12H24KO14P. The molecule has 2 rings (SSSR count). The van der Waals surface area contributed by atoms with E-state index in [4.69, 9.17) is 29.1 Å². The molecule has 2 saturated heterocycles. The van der Waals surface area contributed by atoms with Crippen LogP contribution in [0.2, 0.25) is 0 Å². The van der Waals surface area contributed by atoms with Crippen LogP contribution in [0.1, 0.15) is 0 Å². The van der Waals surface area contributed by atoms with E-state index in [0.717, 1.165) is 0 Å². The molecule has 0 unspecified atom stereocenters. The molecule has 0 bridgehead atoms. The number of phosphoric acid groups is 1. The van der Waals surface area contributed by atoms with Crippen molar-refractivity contribution in [2.24, 2.45) is 0 Å². The summed E-state index contributed by atoms with van der Waals surface area (Å²) in [7, 11) is -4.93. The third-order valence-corrected chi connectivity index (χ3v) is 4.78. The van der Waals surface area contributed by atoms with E-state index in [-0.39, 0.29) is 51.4 Å².